The van der Waals surface area contributed by atoms with Gasteiger partial charge in [0, 0.05) is 7.05 Å². The van der Waals surface area contributed by atoms with Crippen molar-refractivity contribution in [2.24, 2.45) is 0 Å². The number of ether oxygens (including phenoxy) is 1. The highest BCUT2D eigenvalue weighted by Gasteiger charge is 2.33. The summed E-state index contributed by atoms with van der Waals surface area (Å²) >= 11 is 0. The Bertz CT molecular complexity index is 286. The van der Waals surface area contributed by atoms with Crippen LogP contribution in [0.3, 0.4) is 0 Å². The van der Waals surface area contributed by atoms with Crippen LogP contribution in [-0.2, 0) is 9.53 Å². The van der Waals surface area contributed by atoms with E-state index in [1.165, 1.54) is 7.05 Å². The van der Waals surface area contributed by atoms with Crippen LogP contribution in [0.1, 0.15) is 20.8 Å². The van der Waals surface area contributed by atoms with Crippen molar-refractivity contribution in [1.82, 2.24) is 10.6 Å². The average Bonchev–Trinajstić information content (AvgIpc) is 2.26. The molecule has 6 nitrogen and oxygen atoms in total. The third-order valence-corrected chi connectivity index (χ3v) is 3.03. The molecule has 3 atom stereocenters. The van der Waals surface area contributed by atoms with E-state index >= 15 is 0 Å². The molecule has 1 rings (SSSR count). The molecule has 3 amide bonds. The van der Waals surface area contributed by atoms with Gasteiger partial charge in [-0.15, -0.1) is 0 Å². The van der Waals surface area contributed by atoms with Crippen molar-refractivity contribution < 1.29 is 19.2 Å². The first-order chi connectivity index (χ1) is 7.93. The fraction of sp³-hybridized carbons (Fsp3) is 0.818. The van der Waals surface area contributed by atoms with Gasteiger partial charge in [-0.3, -0.25) is 10.1 Å². The zero-order valence-electron chi connectivity index (χ0n) is 10.9. The van der Waals surface area contributed by atoms with E-state index in [-0.39, 0.29) is 24.2 Å². The first-order valence-corrected chi connectivity index (χ1v) is 5.96. The Labute approximate surface area is 102 Å². The van der Waals surface area contributed by atoms with Crippen molar-refractivity contribution in [1.29, 1.82) is 0 Å². The van der Waals surface area contributed by atoms with Gasteiger partial charge in [-0.25, -0.2) is 4.79 Å². The van der Waals surface area contributed by atoms with E-state index in [0.717, 1.165) is 18.0 Å². The van der Waals surface area contributed by atoms with Crippen LogP contribution in [0.25, 0.3) is 0 Å². The largest absolute Gasteiger partial charge is 0.364 e. The molecule has 0 aromatic heterocycles. The number of rotatable bonds is 2. The van der Waals surface area contributed by atoms with Gasteiger partial charge in [-0.05, 0) is 20.8 Å². The molecule has 0 aromatic rings. The first kappa shape index (κ1) is 13.9. The van der Waals surface area contributed by atoms with Gasteiger partial charge in [-0.2, -0.15) is 0 Å². The molecule has 0 spiro atoms. The molecule has 3 N–H and O–H groups in total. The molecule has 1 fully saturated rings. The Balaban J connectivity index is 2.53. The Morgan fingerprint density at radius 2 is 1.82 bits per heavy atom. The molecule has 1 heterocycles. The van der Waals surface area contributed by atoms with Crippen molar-refractivity contribution in [3.8, 4) is 0 Å². The molecular formula is C11H22N3O3+. The van der Waals surface area contributed by atoms with E-state index in [1.54, 1.807) is 0 Å². The number of hydrogen-bond donors (Lipinski definition) is 3. The van der Waals surface area contributed by atoms with Gasteiger partial charge < -0.3 is 15.0 Å². The summed E-state index contributed by atoms with van der Waals surface area (Å²) in [6, 6.07) is -0.711. The topological polar surface area (TPSA) is 71.9 Å². The van der Waals surface area contributed by atoms with Crippen LogP contribution in [0.2, 0.25) is 0 Å². The second-order valence-electron chi connectivity index (χ2n) is 4.61. The summed E-state index contributed by atoms with van der Waals surface area (Å²) in [4.78, 5) is 24.0. The van der Waals surface area contributed by atoms with E-state index in [9.17, 15) is 9.59 Å². The standard InChI is InChI=1S/C11H21N3O3/c1-7-5-14(6-8(2)17-7)9(3)10(15)13-11(16)12-4/h7-9H,5-6H2,1-4H3,(H2,12,13,15,16)/p+1/t7-,8-,9+/m1/s1. The smallest absolute Gasteiger partial charge is 0.321 e. The van der Waals surface area contributed by atoms with Crippen molar-refractivity contribution in [2.75, 3.05) is 20.1 Å². The highest BCUT2D eigenvalue weighted by Crippen LogP contribution is 1.99. The van der Waals surface area contributed by atoms with Gasteiger partial charge in [-0.1, -0.05) is 0 Å². The number of amides is 3. The summed E-state index contributed by atoms with van der Waals surface area (Å²) in [5, 5.41) is 4.67. The fourth-order valence-electron chi connectivity index (χ4n) is 2.14. The molecule has 6 heteroatoms. The number of carbonyl (C=O) groups excluding carboxylic acids is 2. The predicted molar refractivity (Wildman–Crippen MR) is 62.8 cm³/mol. The second kappa shape index (κ2) is 5.97. The van der Waals surface area contributed by atoms with Crippen LogP contribution in [0.15, 0.2) is 0 Å². The lowest BCUT2D eigenvalue weighted by atomic mass is 10.1. The minimum Gasteiger partial charge on any atom is -0.364 e. The van der Waals surface area contributed by atoms with Gasteiger partial charge in [0.1, 0.15) is 25.3 Å². The monoisotopic (exact) mass is 244 g/mol. The van der Waals surface area contributed by atoms with Crippen molar-refractivity contribution in [3.63, 3.8) is 0 Å². The summed E-state index contributed by atoms with van der Waals surface area (Å²) < 4.78 is 5.62. The molecule has 0 aliphatic carbocycles. The average molecular weight is 244 g/mol. The summed E-state index contributed by atoms with van der Waals surface area (Å²) in [5.74, 6) is -0.249. The van der Waals surface area contributed by atoms with Gasteiger partial charge >= 0.3 is 6.03 Å². The molecule has 0 unspecified atom stereocenters. The van der Waals surface area contributed by atoms with E-state index < -0.39 is 6.03 Å². The number of nitrogens with one attached hydrogen (secondary N) is 3. The highest BCUT2D eigenvalue weighted by molar-refractivity contribution is 5.96. The minimum absolute atomic E-state index is 0.143. The second-order valence-corrected chi connectivity index (χ2v) is 4.61. The number of carbonyl (C=O) groups is 2. The molecule has 98 valence electrons. The molecule has 1 aliphatic rings. The third kappa shape index (κ3) is 3.98. The molecule has 0 aromatic carbocycles. The molecule has 0 saturated carbocycles. The maximum Gasteiger partial charge on any atom is 0.321 e. The SMILES string of the molecule is CNC(=O)NC(=O)[C@H](C)[NH+]1C[C@@H](C)O[C@H](C)C1. The molecule has 0 radical (unpaired) electrons. The van der Waals surface area contributed by atoms with Gasteiger partial charge in [0.05, 0.1) is 0 Å². The molecule has 1 aliphatic heterocycles. The van der Waals surface area contributed by atoms with Crippen LogP contribution >= 0.6 is 0 Å². The van der Waals surface area contributed by atoms with Crippen molar-refractivity contribution in [2.45, 2.75) is 39.0 Å². The third-order valence-electron chi connectivity index (χ3n) is 3.03. The van der Waals surface area contributed by atoms with Crippen molar-refractivity contribution >= 4 is 11.9 Å². The first-order valence-electron chi connectivity index (χ1n) is 5.96. The Morgan fingerprint density at radius 1 is 1.29 bits per heavy atom. The lowest BCUT2D eigenvalue weighted by Gasteiger charge is -2.35. The zero-order valence-corrected chi connectivity index (χ0v) is 10.9. The molecule has 0 bridgehead atoms. The normalized spacial score (nSPS) is 30.5. The number of quaternary nitrogens is 1. The maximum absolute atomic E-state index is 11.8. The Morgan fingerprint density at radius 3 is 2.29 bits per heavy atom. The van der Waals surface area contributed by atoms with E-state index in [1.807, 2.05) is 20.8 Å². The molecule has 17 heavy (non-hydrogen) atoms. The maximum atomic E-state index is 11.8. The fourth-order valence-corrected chi connectivity index (χ4v) is 2.14. The summed E-state index contributed by atoms with van der Waals surface area (Å²) in [6.45, 7) is 7.40. The van der Waals surface area contributed by atoms with Crippen molar-refractivity contribution in [3.05, 3.63) is 0 Å². The summed E-state index contributed by atoms with van der Waals surface area (Å²) in [5.41, 5.74) is 0. The Kier molecular flexibility index (Phi) is 4.89. The quantitative estimate of drug-likeness (QED) is 0.555. The predicted octanol–water partition coefficient (Wildman–Crippen LogP) is -1.48. The number of hydrogen-bond acceptors (Lipinski definition) is 3. The van der Waals surface area contributed by atoms with Gasteiger partial charge in [0.15, 0.2) is 6.04 Å². The minimum atomic E-state index is -0.462. The summed E-state index contributed by atoms with van der Waals surface area (Å²) in [6.07, 6.45) is 0.285. The van der Waals surface area contributed by atoms with Crippen LogP contribution in [0.4, 0.5) is 4.79 Å². The molecular weight excluding hydrogens is 222 g/mol. The number of urea groups is 1. The lowest BCUT2D eigenvalue weighted by molar-refractivity contribution is -0.928. The number of morpholine rings is 1. The van der Waals surface area contributed by atoms with Gasteiger partial charge in [0.25, 0.3) is 5.91 Å². The zero-order chi connectivity index (χ0) is 13.0. The van der Waals surface area contributed by atoms with Gasteiger partial charge in [0.2, 0.25) is 0 Å². The van der Waals surface area contributed by atoms with Crippen LogP contribution < -0.4 is 15.5 Å². The highest BCUT2D eigenvalue weighted by atomic mass is 16.5. The lowest BCUT2D eigenvalue weighted by Crippen LogP contribution is -3.19. The van der Waals surface area contributed by atoms with Crippen LogP contribution in [0, 0.1) is 0 Å². The summed E-state index contributed by atoms with van der Waals surface area (Å²) in [7, 11) is 1.49. The van der Waals surface area contributed by atoms with Crippen LogP contribution in [-0.4, -0.2) is 50.3 Å². The van der Waals surface area contributed by atoms with E-state index in [4.69, 9.17) is 4.74 Å². The van der Waals surface area contributed by atoms with E-state index in [2.05, 4.69) is 10.6 Å². The Hall–Kier alpha value is -1.14. The molecule has 1 saturated heterocycles. The number of imide groups is 1. The van der Waals surface area contributed by atoms with E-state index in [0.29, 0.717) is 0 Å². The van der Waals surface area contributed by atoms with Crippen LogP contribution in [0.5, 0.6) is 0 Å².